The van der Waals surface area contributed by atoms with E-state index in [0.717, 1.165) is 43.1 Å². The molecule has 0 atom stereocenters. The summed E-state index contributed by atoms with van der Waals surface area (Å²) in [5.74, 6) is 1.36. The molecule has 9 heteroatoms. The van der Waals surface area contributed by atoms with Crippen molar-refractivity contribution in [3.8, 4) is 0 Å². The molecule has 30 heavy (non-hydrogen) atoms. The third-order valence-electron chi connectivity index (χ3n) is 5.69. The molecule has 0 saturated carbocycles. The molecule has 5 rings (SSSR count). The molecule has 2 aliphatic heterocycles. The van der Waals surface area contributed by atoms with Crippen molar-refractivity contribution < 1.29 is 4.79 Å². The minimum atomic E-state index is -0.197. The average Bonchev–Trinajstić information content (AvgIpc) is 3.29. The van der Waals surface area contributed by atoms with Gasteiger partial charge in [-0.2, -0.15) is 0 Å². The fourth-order valence-corrected chi connectivity index (χ4v) is 4.37. The number of anilines is 3. The fourth-order valence-electron chi connectivity index (χ4n) is 4.37. The number of aromatic nitrogens is 4. The molecule has 156 valence electrons. The van der Waals surface area contributed by atoms with Crippen LogP contribution in [0.1, 0.15) is 25.1 Å². The lowest BCUT2D eigenvalue weighted by Gasteiger charge is -2.41. The molecule has 1 saturated heterocycles. The quantitative estimate of drug-likeness (QED) is 0.678. The van der Waals surface area contributed by atoms with Crippen LogP contribution < -0.4 is 20.4 Å². The van der Waals surface area contributed by atoms with Crippen molar-refractivity contribution in [1.82, 2.24) is 24.7 Å². The van der Waals surface area contributed by atoms with Gasteiger partial charge in [-0.25, -0.2) is 19.7 Å². The zero-order valence-corrected chi connectivity index (χ0v) is 17.5. The highest BCUT2D eigenvalue weighted by Gasteiger charge is 2.32. The van der Waals surface area contributed by atoms with Gasteiger partial charge in [-0.15, -0.1) is 0 Å². The van der Waals surface area contributed by atoms with Crippen LogP contribution in [0.3, 0.4) is 0 Å². The molecule has 0 unspecified atom stereocenters. The van der Waals surface area contributed by atoms with E-state index in [-0.39, 0.29) is 11.6 Å². The minimum absolute atomic E-state index is 0.0569. The van der Waals surface area contributed by atoms with Crippen LogP contribution in [0.4, 0.5) is 22.0 Å². The molecule has 0 aliphatic carbocycles. The van der Waals surface area contributed by atoms with Crippen LogP contribution in [0.2, 0.25) is 0 Å². The second-order valence-electron chi connectivity index (χ2n) is 8.63. The predicted octanol–water partition coefficient (Wildman–Crippen LogP) is 2.22. The minimum Gasteiger partial charge on any atom is -0.368 e. The van der Waals surface area contributed by atoms with E-state index in [1.165, 1.54) is 5.69 Å². The number of carbonyl (C=O) groups is 1. The molecule has 0 radical (unpaired) electrons. The van der Waals surface area contributed by atoms with Crippen LogP contribution in [0.25, 0.3) is 5.78 Å². The summed E-state index contributed by atoms with van der Waals surface area (Å²) in [6.07, 6.45) is 7.93. The summed E-state index contributed by atoms with van der Waals surface area (Å²) in [6.45, 7) is 9.77. The Morgan fingerprint density at radius 2 is 2.10 bits per heavy atom. The number of nitrogens with zero attached hydrogens (tertiary/aromatic N) is 6. The van der Waals surface area contributed by atoms with E-state index in [1.807, 2.05) is 23.7 Å². The van der Waals surface area contributed by atoms with E-state index >= 15 is 0 Å². The molecule has 3 aromatic rings. The lowest BCUT2D eigenvalue weighted by molar-refractivity contribution is 0.257. The summed E-state index contributed by atoms with van der Waals surface area (Å²) in [5, 5.41) is 6.50. The van der Waals surface area contributed by atoms with E-state index in [9.17, 15) is 4.79 Å². The second kappa shape index (κ2) is 6.94. The molecule has 5 heterocycles. The van der Waals surface area contributed by atoms with E-state index in [2.05, 4.69) is 50.4 Å². The van der Waals surface area contributed by atoms with E-state index < -0.39 is 0 Å². The Hall–Kier alpha value is -3.20. The van der Waals surface area contributed by atoms with Gasteiger partial charge >= 0.3 is 6.03 Å². The van der Waals surface area contributed by atoms with Crippen molar-refractivity contribution in [2.75, 3.05) is 41.3 Å². The Kier molecular flexibility index (Phi) is 4.35. The smallest absolute Gasteiger partial charge is 0.327 e. The van der Waals surface area contributed by atoms with Gasteiger partial charge < -0.3 is 15.5 Å². The molecule has 0 aromatic carbocycles. The van der Waals surface area contributed by atoms with E-state index in [0.29, 0.717) is 18.0 Å². The Balaban J connectivity index is 1.38. The number of hydrogen-bond acceptors (Lipinski definition) is 6. The van der Waals surface area contributed by atoms with Crippen molar-refractivity contribution in [3.05, 3.63) is 42.1 Å². The molecule has 2 amide bonds. The third-order valence-corrected chi connectivity index (χ3v) is 5.69. The van der Waals surface area contributed by atoms with Crippen molar-refractivity contribution in [2.45, 2.75) is 32.7 Å². The van der Waals surface area contributed by atoms with Crippen LogP contribution in [0.15, 0.2) is 30.9 Å². The Labute approximate surface area is 175 Å². The van der Waals surface area contributed by atoms with Gasteiger partial charge in [-0.3, -0.25) is 9.30 Å². The number of hydrogen-bond donors (Lipinski definition) is 2. The van der Waals surface area contributed by atoms with Gasteiger partial charge in [0, 0.05) is 61.6 Å². The topological polar surface area (TPSA) is 90.7 Å². The van der Waals surface area contributed by atoms with E-state index in [4.69, 9.17) is 0 Å². The maximum atomic E-state index is 13.0. The maximum Gasteiger partial charge on any atom is 0.327 e. The molecule has 1 fully saturated rings. The molecule has 2 N–H and O–H groups in total. The molecule has 3 aromatic heterocycles. The zero-order valence-electron chi connectivity index (χ0n) is 17.5. The van der Waals surface area contributed by atoms with Crippen molar-refractivity contribution in [3.63, 3.8) is 0 Å². The molecule has 9 nitrogen and oxygen atoms in total. The van der Waals surface area contributed by atoms with Gasteiger partial charge in [0.25, 0.3) is 0 Å². The van der Waals surface area contributed by atoms with Crippen LogP contribution in [-0.2, 0) is 6.42 Å². The summed E-state index contributed by atoms with van der Waals surface area (Å²) in [6, 6.07) is 1.87. The number of carbonyl (C=O) groups excluding carboxylic acids is 1. The molecule has 2 aliphatic rings. The van der Waals surface area contributed by atoms with Gasteiger partial charge in [0.2, 0.25) is 5.78 Å². The van der Waals surface area contributed by atoms with Crippen LogP contribution in [0, 0.1) is 6.92 Å². The van der Waals surface area contributed by atoms with Crippen molar-refractivity contribution >= 4 is 29.0 Å². The molecular formula is C21H26N8O. The second-order valence-corrected chi connectivity index (χ2v) is 8.63. The third kappa shape index (κ3) is 3.35. The average molecular weight is 406 g/mol. The molecular weight excluding hydrogens is 380 g/mol. The number of imidazole rings is 1. The van der Waals surface area contributed by atoms with Gasteiger partial charge in [-0.05, 0) is 33.3 Å². The lowest BCUT2D eigenvalue weighted by atomic mass is 10.0. The first-order chi connectivity index (χ1) is 14.4. The summed E-state index contributed by atoms with van der Waals surface area (Å²) >= 11 is 0. The number of fused-ring (bicyclic) bond motifs is 2. The van der Waals surface area contributed by atoms with Crippen LogP contribution >= 0.6 is 0 Å². The van der Waals surface area contributed by atoms with Crippen molar-refractivity contribution in [2.24, 2.45) is 0 Å². The summed E-state index contributed by atoms with van der Waals surface area (Å²) < 4.78 is 1.81. The van der Waals surface area contributed by atoms with Gasteiger partial charge in [-0.1, -0.05) is 0 Å². The fraction of sp³-hybridized carbons (Fsp3) is 0.429. The Morgan fingerprint density at radius 1 is 1.23 bits per heavy atom. The first-order valence-electron chi connectivity index (χ1n) is 10.3. The number of piperazine rings is 1. The van der Waals surface area contributed by atoms with Crippen molar-refractivity contribution in [1.29, 1.82) is 0 Å². The number of pyridine rings is 1. The maximum absolute atomic E-state index is 13.0. The zero-order chi connectivity index (χ0) is 20.9. The normalized spacial score (nSPS) is 18.0. The number of amides is 2. The van der Waals surface area contributed by atoms with Crippen LogP contribution in [0.5, 0.6) is 0 Å². The van der Waals surface area contributed by atoms with Gasteiger partial charge in [0.05, 0.1) is 17.6 Å². The summed E-state index contributed by atoms with van der Waals surface area (Å²) in [4.78, 5) is 30.3. The number of urea groups is 1. The molecule has 0 bridgehead atoms. The Morgan fingerprint density at radius 3 is 2.93 bits per heavy atom. The van der Waals surface area contributed by atoms with Gasteiger partial charge in [0.15, 0.2) is 0 Å². The highest BCUT2D eigenvalue weighted by atomic mass is 16.2. The number of nitrogens with one attached hydrogen (secondary N) is 2. The number of aryl methyl sites for hydroxylation is 1. The van der Waals surface area contributed by atoms with Gasteiger partial charge in [0.1, 0.15) is 5.82 Å². The number of rotatable bonds is 2. The lowest BCUT2D eigenvalue weighted by Crippen LogP contribution is -2.57. The monoisotopic (exact) mass is 406 g/mol. The predicted molar refractivity (Wildman–Crippen MR) is 116 cm³/mol. The first-order valence-corrected chi connectivity index (χ1v) is 10.3. The summed E-state index contributed by atoms with van der Waals surface area (Å²) in [7, 11) is 0. The summed E-state index contributed by atoms with van der Waals surface area (Å²) in [5.41, 5.74) is 3.89. The largest absolute Gasteiger partial charge is 0.368 e. The Bertz CT molecular complexity index is 1120. The van der Waals surface area contributed by atoms with E-state index in [1.54, 1.807) is 17.3 Å². The van der Waals surface area contributed by atoms with Crippen LogP contribution in [-0.4, -0.2) is 57.1 Å². The highest BCUT2D eigenvalue weighted by Crippen LogP contribution is 2.35. The highest BCUT2D eigenvalue weighted by molar-refractivity contribution is 6.02. The standard InChI is InChI=1S/C21H26N8O/c1-14-11-28-12-15(10-23-19(28)25-14)26-20(30)29-8-5-16-17(4-6-22-18(16)29)27-9-7-24-21(2,3)13-27/h4,6,10-12,24H,5,7-9,13H2,1-3H3,(H,26,30). The first kappa shape index (κ1) is 18.8. The SMILES string of the molecule is Cc1cn2cc(NC(=O)N3CCc4c(N5CCNC(C)(C)C5)ccnc43)cnc2n1. The molecule has 0 spiro atoms.